The lowest BCUT2D eigenvalue weighted by atomic mass is 9.60. The first kappa shape index (κ1) is 15.6. The third-order valence-electron chi connectivity index (χ3n) is 5.07. The molecule has 1 heterocycles. The van der Waals surface area contributed by atoms with Crippen LogP contribution in [0.4, 0.5) is 4.79 Å². The molecule has 2 fully saturated rings. The van der Waals surface area contributed by atoms with E-state index in [4.69, 9.17) is 9.84 Å². The lowest BCUT2D eigenvalue weighted by Crippen LogP contribution is -2.49. The van der Waals surface area contributed by atoms with Gasteiger partial charge in [0.25, 0.3) is 0 Å². The number of hydrogen-bond acceptors (Lipinski definition) is 3. The van der Waals surface area contributed by atoms with Crippen molar-refractivity contribution in [2.45, 2.75) is 51.6 Å². The quantitative estimate of drug-likeness (QED) is 0.666. The highest BCUT2D eigenvalue weighted by Crippen LogP contribution is 2.47. The number of carbonyl (C=O) groups excluding carboxylic acids is 1. The number of rotatable bonds is 7. The highest BCUT2D eigenvalue weighted by atomic mass is 16.5. The molecule has 0 aromatic heterocycles. The van der Waals surface area contributed by atoms with Crippen molar-refractivity contribution in [2.75, 3.05) is 26.3 Å². The summed E-state index contributed by atoms with van der Waals surface area (Å²) >= 11 is 0. The molecule has 1 saturated heterocycles. The molecule has 0 spiro atoms. The average molecular weight is 284 g/mol. The van der Waals surface area contributed by atoms with Gasteiger partial charge in [-0.1, -0.05) is 13.3 Å². The van der Waals surface area contributed by atoms with E-state index >= 15 is 0 Å². The highest BCUT2D eigenvalue weighted by Gasteiger charge is 2.41. The summed E-state index contributed by atoms with van der Waals surface area (Å²) in [6.45, 7) is 4.54. The first-order valence-electron chi connectivity index (χ1n) is 7.90. The summed E-state index contributed by atoms with van der Waals surface area (Å²) < 4.78 is 5.48. The maximum Gasteiger partial charge on any atom is 0.314 e. The number of urea groups is 1. The van der Waals surface area contributed by atoms with Crippen LogP contribution in [0.2, 0.25) is 0 Å². The van der Waals surface area contributed by atoms with Crippen molar-refractivity contribution in [3.05, 3.63) is 0 Å². The van der Waals surface area contributed by atoms with Gasteiger partial charge in [-0.3, -0.25) is 0 Å². The van der Waals surface area contributed by atoms with Gasteiger partial charge in [-0.05, 0) is 43.4 Å². The topological polar surface area (TPSA) is 70.6 Å². The minimum atomic E-state index is -0.0945. The molecular weight excluding hydrogens is 256 g/mol. The van der Waals surface area contributed by atoms with Gasteiger partial charge in [0.15, 0.2) is 0 Å². The Morgan fingerprint density at radius 2 is 2.20 bits per heavy atom. The van der Waals surface area contributed by atoms with Gasteiger partial charge < -0.3 is 20.5 Å². The maximum absolute atomic E-state index is 11.8. The van der Waals surface area contributed by atoms with Crippen LogP contribution in [0.1, 0.15) is 45.4 Å². The molecule has 0 radical (unpaired) electrons. The zero-order valence-corrected chi connectivity index (χ0v) is 12.5. The van der Waals surface area contributed by atoms with Gasteiger partial charge >= 0.3 is 6.03 Å². The SMILES string of the molecule is C[C@H](CCO)C1(CNC(=O)NC[C@@H]2CCCO2)CCC1. The van der Waals surface area contributed by atoms with Crippen LogP contribution in [0.5, 0.6) is 0 Å². The fourth-order valence-corrected chi connectivity index (χ4v) is 3.31. The van der Waals surface area contributed by atoms with Crippen LogP contribution in [0, 0.1) is 11.3 Å². The molecule has 0 unspecified atom stereocenters. The van der Waals surface area contributed by atoms with Gasteiger partial charge in [-0.25, -0.2) is 4.79 Å². The summed E-state index contributed by atoms with van der Waals surface area (Å²) in [6, 6.07) is -0.0945. The van der Waals surface area contributed by atoms with Crippen LogP contribution in [-0.4, -0.2) is 43.5 Å². The van der Waals surface area contributed by atoms with E-state index in [-0.39, 0.29) is 24.2 Å². The Morgan fingerprint density at radius 1 is 1.40 bits per heavy atom. The molecule has 1 aliphatic carbocycles. The summed E-state index contributed by atoms with van der Waals surface area (Å²) in [4.78, 5) is 11.8. The van der Waals surface area contributed by atoms with Crippen LogP contribution >= 0.6 is 0 Å². The largest absolute Gasteiger partial charge is 0.396 e. The summed E-state index contributed by atoms with van der Waals surface area (Å²) in [5.41, 5.74) is 0.198. The Kier molecular flexibility index (Phi) is 5.66. The van der Waals surface area contributed by atoms with Gasteiger partial charge in [0.05, 0.1) is 6.10 Å². The normalized spacial score (nSPS) is 25.8. The molecule has 0 aromatic rings. The van der Waals surface area contributed by atoms with Gasteiger partial charge in [0.1, 0.15) is 0 Å². The molecule has 2 amide bonds. The number of nitrogens with one attached hydrogen (secondary N) is 2. The van der Waals surface area contributed by atoms with Gasteiger partial charge in [-0.15, -0.1) is 0 Å². The zero-order chi connectivity index (χ0) is 14.4. The smallest absolute Gasteiger partial charge is 0.314 e. The first-order chi connectivity index (χ1) is 9.66. The molecule has 0 aromatic carbocycles. The summed E-state index contributed by atoms with van der Waals surface area (Å²) in [5.74, 6) is 0.458. The number of aliphatic hydroxyl groups excluding tert-OH is 1. The number of aliphatic hydroxyl groups is 1. The molecule has 2 atom stereocenters. The highest BCUT2D eigenvalue weighted by molar-refractivity contribution is 5.73. The Labute approximate surface area is 121 Å². The van der Waals surface area contributed by atoms with E-state index in [0.717, 1.165) is 38.7 Å². The van der Waals surface area contributed by atoms with E-state index in [1.807, 2.05) is 0 Å². The van der Waals surface area contributed by atoms with Gasteiger partial charge in [0.2, 0.25) is 0 Å². The van der Waals surface area contributed by atoms with Crippen molar-refractivity contribution in [1.82, 2.24) is 10.6 Å². The van der Waals surface area contributed by atoms with Crippen molar-refractivity contribution in [3.8, 4) is 0 Å². The molecule has 1 saturated carbocycles. The second-order valence-corrected chi connectivity index (χ2v) is 6.33. The van der Waals surface area contributed by atoms with E-state index in [2.05, 4.69) is 17.6 Å². The molecule has 5 nitrogen and oxygen atoms in total. The molecule has 0 bridgehead atoms. The van der Waals surface area contributed by atoms with Crippen LogP contribution < -0.4 is 10.6 Å². The maximum atomic E-state index is 11.8. The minimum absolute atomic E-state index is 0.0945. The predicted octanol–water partition coefficient (Wildman–Crippen LogP) is 1.65. The fraction of sp³-hybridized carbons (Fsp3) is 0.933. The van der Waals surface area contributed by atoms with Crippen LogP contribution in [0.15, 0.2) is 0 Å². The lowest BCUT2D eigenvalue weighted by molar-refractivity contribution is 0.0454. The van der Waals surface area contributed by atoms with E-state index in [9.17, 15) is 4.79 Å². The molecule has 2 rings (SSSR count). The molecule has 2 aliphatic rings. The number of ether oxygens (including phenoxy) is 1. The van der Waals surface area contributed by atoms with Crippen molar-refractivity contribution in [3.63, 3.8) is 0 Å². The third kappa shape index (κ3) is 3.85. The number of carbonyl (C=O) groups is 1. The molecule has 20 heavy (non-hydrogen) atoms. The zero-order valence-electron chi connectivity index (χ0n) is 12.5. The molecule has 5 heteroatoms. The summed E-state index contributed by atoms with van der Waals surface area (Å²) in [5, 5.41) is 15.0. The number of amides is 2. The fourth-order valence-electron chi connectivity index (χ4n) is 3.31. The monoisotopic (exact) mass is 284 g/mol. The summed E-state index contributed by atoms with van der Waals surface area (Å²) in [6.07, 6.45) is 6.67. The Bertz CT molecular complexity index is 312. The number of hydrogen-bond donors (Lipinski definition) is 3. The van der Waals surface area contributed by atoms with Crippen molar-refractivity contribution < 1.29 is 14.6 Å². The first-order valence-corrected chi connectivity index (χ1v) is 7.90. The van der Waals surface area contributed by atoms with E-state index in [1.54, 1.807) is 0 Å². The molecule has 3 N–H and O–H groups in total. The summed E-state index contributed by atoms with van der Waals surface area (Å²) in [7, 11) is 0. The molecular formula is C15H28N2O3. The Hall–Kier alpha value is -0.810. The van der Waals surface area contributed by atoms with Crippen LogP contribution in [0.3, 0.4) is 0 Å². The standard InChI is InChI=1S/C15H28N2O3/c1-12(5-8-18)15(6-3-7-15)11-17-14(19)16-10-13-4-2-9-20-13/h12-13,18H,2-11H2,1H3,(H2,16,17,19)/t12-,13+/m1/s1. The van der Waals surface area contributed by atoms with Gasteiger partial charge in [0, 0.05) is 26.3 Å². The van der Waals surface area contributed by atoms with E-state index in [0.29, 0.717) is 19.0 Å². The second kappa shape index (κ2) is 7.27. The van der Waals surface area contributed by atoms with Crippen LogP contribution in [-0.2, 0) is 4.74 Å². The molecule has 116 valence electrons. The minimum Gasteiger partial charge on any atom is -0.396 e. The second-order valence-electron chi connectivity index (χ2n) is 6.33. The molecule has 1 aliphatic heterocycles. The predicted molar refractivity (Wildman–Crippen MR) is 77.5 cm³/mol. The van der Waals surface area contributed by atoms with Crippen molar-refractivity contribution in [1.29, 1.82) is 0 Å². The van der Waals surface area contributed by atoms with Crippen molar-refractivity contribution in [2.24, 2.45) is 11.3 Å². The lowest BCUT2D eigenvalue weighted by Gasteiger charge is -2.46. The average Bonchev–Trinajstić information content (AvgIpc) is 2.88. The Balaban J connectivity index is 1.68. The van der Waals surface area contributed by atoms with E-state index < -0.39 is 0 Å². The van der Waals surface area contributed by atoms with Crippen LogP contribution in [0.25, 0.3) is 0 Å². The van der Waals surface area contributed by atoms with Crippen molar-refractivity contribution >= 4 is 6.03 Å². The van der Waals surface area contributed by atoms with E-state index in [1.165, 1.54) is 6.42 Å². The Morgan fingerprint density at radius 3 is 2.75 bits per heavy atom. The third-order valence-corrected chi connectivity index (χ3v) is 5.07. The van der Waals surface area contributed by atoms with Gasteiger partial charge in [-0.2, -0.15) is 0 Å².